The summed E-state index contributed by atoms with van der Waals surface area (Å²) >= 11 is 3.11. The Labute approximate surface area is 117 Å². The zero-order chi connectivity index (χ0) is 14.6. The van der Waals surface area contributed by atoms with Gasteiger partial charge in [-0.2, -0.15) is 0 Å². The Morgan fingerprint density at radius 1 is 1.42 bits per heavy atom. The highest BCUT2D eigenvalue weighted by molar-refractivity contribution is 9.10. The van der Waals surface area contributed by atoms with Crippen LogP contribution in [0.4, 0.5) is 4.39 Å². The summed E-state index contributed by atoms with van der Waals surface area (Å²) < 4.78 is 18.6. The van der Waals surface area contributed by atoms with Gasteiger partial charge in [-0.3, -0.25) is 9.59 Å². The van der Waals surface area contributed by atoms with Crippen LogP contribution in [0, 0.1) is 5.82 Å². The normalized spacial score (nSPS) is 13.5. The SMILES string of the molecule is CC(Oc1ccc(F)cc1Br)C(=O)N[C@H](C)C(=O)O. The highest BCUT2D eigenvalue weighted by Gasteiger charge is 2.20. The predicted octanol–water partition coefficient (Wildman–Crippen LogP) is 1.94. The number of amides is 1. The number of hydrogen-bond donors (Lipinski definition) is 2. The van der Waals surface area contributed by atoms with Crippen LogP contribution < -0.4 is 10.1 Å². The molecule has 2 atom stereocenters. The Kier molecular flexibility index (Phi) is 5.29. The van der Waals surface area contributed by atoms with E-state index in [2.05, 4.69) is 21.2 Å². The van der Waals surface area contributed by atoms with E-state index in [9.17, 15) is 14.0 Å². The van der Waals surface area contributed by atoms with Gasteiger partial charge >= 0.3 is 5.97 Å². The largest absolute Gasteiger partial charge is 0.480 e. The Balaban J connectivity index is 2.66. The molecule has 0 saturated heterocycles. The van der Waals surface area contributed by atoms with E-state index >= 15 is 0 Å². The zero-order valence-electron chi connectivity index (χ0n) is 10.3. The topological polar surface area (TPSA) is 75.6 Å². The number of halogens is 2. The summed E-state index contributed by atoms with van der Waals surface area (Å²) in [5, 5.41) is 10.9. The quantitative estimate of drug-likeness (QED) is 0.863. The number of carboxylic acids is 1. The van der Waals surface area contributed by atoms with Crippen LogP contribution in [-0.2, 0) is 9.59 Å². The summed E-state index contributed by atoms with van der Waals surface area (Å²) in [6.45, 7) is 2.82. The van der Waals surface area contributed by atoms with E-state index in [0.29, 0.717) is 10.2 Å². The molecule has 1 unspecified atom stereocenters. The maximum atomic E-state index is 12.9. The van der Waals surface area contributed by atoms with Crippen molar-refractivity contribution in [1.82, 2.24) is 5.32 Å². The van der Waals surface area contributed by atoms with Crippen molar-refractivity contribution in [2.24, 2.45) is 0 Å². The van der Waals surface area contributed by atoms with E-state index in [-0.39, 0.29) is 0 Å². The first-order valence-electron chi connectivity index (χ1n) is 5.46. The highest BCUT2D eigenvalue weighted by Crippen LogP contribution is 2.26. The van der Waals surface area contributed by atoms with Gasteiger partial charge in [-0.15, -0.1) is 0 Å². The molecule has 0 saturated carbocycles. The molecule has 0 bridgehead atoms. The maximum Gasteiger partial charge on any atom is 0.325 e. The number of ether oxygens (including phenoxy) is 1. The van der Waals surface area contributed by atoms with Gasteiger partial charge in [0.05, 0.1) is 4.47 Å². The number of rotatable bonds is 5. The van der Waals surface area contributed by atoms with Gasteiger partial charge < -0.3 is 15.2 Å². The number of aliphatic carboxylic acids is 1. The van der Waals surface area contributed by atoms with E-state index in [1.54, 1.807) is 0 Å². The third kappa shape index (κ3) is 4.51. The molecule has 0 aliphatic carbocycles. The number of nitrogens with one attached hydrogen (secondary N) is 1. The van der Waals surface area contributed by atoms with Crippen molar-refractivity contribution < 1.29 is 23.8 Å². The molecule has 0 heterocycles. The first-order valence-corrected chi connectivity index (χ1v) is 6.25. The highest BCUT2D eigenvalue weighted by atomic mass is 79.9. The first kappa shape index (κ1) is 15.4. The van der Waals surface area contributed by atoms with Gasteiger partial charge in [0.25, 0.3) is 5.91 Å². The molecule has 104 valence electrons. The Bertz CT molecular complexity index is 495. The summed E-state index contributed by atoms with van der Waals surface area (Å²) in [7, 11) is 0. The molecule has 7 heteroatoms. The van der Waals surface area contributed by atoms with Crippen molar-refractivity contribution in [1.29, 1.82) is 0 Å². The fourth-order valence-electron chi connectivity index (χ4n) is 1.21. The van der Waals surface area contributed by atoms with Crippen molar-refractivity contribution >= 4 is 27.8 Å². The summed E-state index contributed by atoms with van der Waals surface area (Å²) in [6.07, 6.45) is -0.899. The second-order valence-electron chi connectivity index (χ2n) is 3.90. The van der Waals surface area contributed by atoms with Crippen LogP contribution in [0.1, 0.15) is 13.8 Å². The van der Waals surface area contributed by atoms with Crippen molar-refractivity contribution in [3.05, 3.63) is 28.5 Å². The van der Waals surface area contributed by atoms with Crippen molar-refractivity contribution in [2.45, 2.75) is 26.0 Å². The number of hydrogen-bond acceptors (Lipinski definition) is 3. The fourth-order valence-corrected chi connectivity index (χ4v) is 1.65. The zero-order valence-corrected chi connectivity index (χ0v) is 11.9. The number of carbonyl (C=O) groups is 2. The molecular weight excluding hydrogens is 321 g/mol. The minimum Gasteiger partial charge on any atom is -0.480 e. The first-order chi connectivity index (χ1) is 8.81. The summed E-state index contributed by atoms with van der Waals surface area (Å²) in [5.74, 6) is -1.84. The lowest BCUT2D eigenvalue weighted by atomic mass is 10.3. The molecule has 1 amide bonds. The lowest BCUT2D eigenvalue weighted by Gasteiger charge is -2.17. The van der Waals surface area contributed by atoms with Gasteiger partial charge in [-0.25, -0.2) is 4.39 Å². The lowest BCUT2D eigenvalue weighted by Crippen LogP contribution is -2.44. The van der Waals surface area contributed by atoms with Crippen LogP contribution in [0.3, 0.4) is 0 Å². The van der Waals surface area contributed by atoms with Gasteiger partial charge in [-0.05, 0) is 48.0 Å². The van der Waals surface area contributed by atoms with Crippen LogP contribution in [-0.4, -0.2) is 29.1 Å². The van der Waals surface area contributed by atoms with Gasteiger partial charge in [0.2, 0.25) is 0 Å². The monoisotopic (exact) mass is 333 g/mol. The maximum absolute atomic E-state index is 12.9. The molecule has 2 N–H and O–H groups in total. The van der Waals surface area contributed by atoms with Crippen LogP contribution in [0.25, 0.3) is 0 Å². The van der Waals surface area contributed by atoms with E-state index in [1.807, 2.05) is 0 Å². The Morgan fingerprint density at radius 3 is 2.58 bits per heavy atom. The van der Waals surface area contributed by atoms with Crippen molar-refractivity contribution in [2.75, 3.05) is 0 Å². The molecule has 1 rings (SSSR count). The van der Waals surface area contributed by atoms with Gasteiger partial charge in [0, 0.05) is 0 Å². The molecule has 19 heavy (non-hydrogen) atoms. The summed E-state index contributed by atoms with van der Waals surface area (Å²) in [4.78, 5) is 22.3. The molecule has 0 radical (unpaired) electrons. The number of carboxylic acid groups (broad SMARTS) is 1. The molecule has 0 fully saturated rings. The van der Waals surface area contributed by atoms with Gasteiger partial charge in [-0.1, -0.05) is 0 Å². The molecule has 1 aromatic rings. The Hall–Kier alpha value is -1.63. The molecule has 5 nitrogen and oxygen atoms in total. The number of benzene rings is 1. The standard InChI is InChI=1S/C12H13BrFNO4/c1-6(12(17)18)15-11(16)7(2)19-10-4-3-8(14)5-9(10)13/h3-7H,1-2H3,(H,15,16)(H,17,18)/t6-,7?/m1/s1. The third-order valence-electron chi connectivity index (χ3n) is 2.30. The minimum atomic E-state index is -1.14. The predicted molar refractivity (Wildman–Crippen MR) is 69.4 cm³/mol. The molecule has 0 aliphatic heterocycles. The average Bonchev–Trinajstić information content (AvgIpc) is 2.32. The van der Waals surface area contributed by atoms with E-state index in [1.165, 1.54) is 32.0 Å². The van der Waals surface area contributed by atoms with E-state index in [4.69, 9.17) is 9.84 Å². The molecular formula is C12H13BrFNO4. The van der Waals surface area contributed by atoms with Crippen molar-refractivity contribution in [3.8, 4) is 5.75 Å². The number of carbonyl (C=O) groups excluding carboxylic acids is 1. The second kappa shape index (κ2) is 6.51. The molecule has 1 aromatic carbocycles. The summed E-state index contributed by atoms with van der Waals surface area (Å²) in [5.41, 5.74) is 0. The Morgan fingerprint density at radius 2 is 2.05 bits per heavy atom. The van der Waals surface area contributed by atoms with E-state index in [0.717, 1.165) is 0 Å². The van der Waals surface area contributed by atoms with Gasteiger partial charge in [0.1, 0.15) is 17.6 Å². The lowest BCUT2D eigenvalue weighted by molar-refractivity contribution is -0.142. The smallest absolute Gasteiger partial charge is 0.325 e. The fraction of sp³-hybridized carbons (Fsp3) is 0.333. The van der Waals surface area contributed by atoms with Gasteiger partial charge in [0.15, 0.2) is 6.10 Å². The minimum absolute atomic E-state index is 0.298. The molecule has 0 aromatic heterocycles. The van der Waals surface area contributed by atoms with Crippen LogP contribution in [0.15, 0.2) is 22.7 Å². The molecule has 0 aliphatic rings. The summed E-state index contributed by atoms with van der Waals surface area (Å²) in [6, 6.07) is 2.78. The van der Waals surface area contributed by atoms with Crippen LogP contribution in [0.2, 0.25) is 0 Å². The second-order valence-corrected chi connectivity index (χ2v) is 4.76. The molecule has 0 spiro atoms. The van der Waals surface area contributed by atoms with Crippen molar-refractivity contribution in [3.63, 3.8) is 0 Å². The third-order valence-corrected chi connectivity index (χ3v) is 2.92. The van der Waals surface area contributed by atoms with E-state index < -0.39 is 29.8 Å². The van der Waals surface area contributed by atoms with Crippen LogP contribution in [0.5, 0.6) is 5.75 Å². The average molecular weight is 334 g/mol. The van der Waals surface area contributed by atoms with Crippen LogP contribution >= 0.6 is 15.9 Å².